The van der Waals surface area contributed by atoms with Crippen molar-refractivity contribution in [2.75, 3.05) is 14.2 Å². The van der Waals surface area contributed by atoms with Gasteiger partial charge in [0, 0.05) is 17.0 Å². The van der Waals surface area contributed by atoms with E-state index in [2.05, 4.69) is 43.1 Å². The zero-order chi connectivity index (χ0) is 28.8. The lowest BCUT2D eigenvalue weighted by Crippen LogP contribution is -2.50. The molecule has 0 bridgehead atoms. The lowest BCUT2D eigenvalue weighted by molar-refractivity contribution is -0.153. The number of methoxy groups -OCH3 is 2. The van der Waals surface area contributed by atoms with Crippen molar-refractivity contribution in [1.29, 1.82) is 0 Å². The van der Waals surface area contributed by atoms with E-state index < -0.39 is 0 Å². The predicted molar refractivity (Wildman–Crippen MR) is 157 cm³/mol. The zero-order valence-corrected chi connectivity index (χ0v) is 24.6. The number of carbonyl (C=O) groups is 1. The van der Waals surface area contributed by atoms with Crippen molar-refractivity contribution in [3.63, 3.8) is 0 Å². The molecule has 1 heterocycles. The maximum Gasteiger partial charge on any atom is 0.309 e. The molecule has 2 unspecified atom stereocenters. The number of rotatable bonds is 7. The van der Waals surface area contributed by atoms with Gasteiger partial charge in [-0.1, -0.05) is 44.5 Å². The average molecular weight is 558 g/mol. The van der Waals surface area contributed by atoms with Crippen molar-refractivity contribution in [3.8, 4) is 22.8 Å². The van der Waals surface area contributed by atoms with Crippen LogP contribution in [0.4, 0.5) is 4.39 Å². The molecule has 0 amide bonds. The molecule has 5 nitrogen and oxygen atoms in total. The van der Waals surface area contributed by atoms with Crippen LogP contribution in [0.3, 0.4) is 0 Å². The molecule has 2 aromatic carbocycles. The minimum Gasteiger partial charge on any atom is -0.489 e. The van der Waals surface area contributed by atoms with Crippen LogP contribution >= 0.6 is 0 Å². The summed E-state index contributed by atoms with van der Waals surface area (Å²) in [6, 6.07) is 14.3. The highest BCUT2D eigenvalue weighted by atomic mass is 19.1. The first-order valence-corrected chi connectivity index (χ1v) is 14.9. The summed E-state index contributed by atoms with van der Waals surface area (Å²) in [7, 11) is 3.04. The molecule has 0 N–H and O–H groups in total. The van der Waals surface area contributed by atoms with E-state index >= 15 is 4.39 Å². The Morgan fingerprint density at radius 2 is 1.85 bits per heavy atom. The third kappa shape index (κ3) is 4.89. The quantitative estimate of drug-likeness (QED) is 0.276. The Kier molecular flexibility index (Phi) is 7.29. The molecule has 6 heteroatoms. The largest absolute Gasteiger partial charge is 0.489 e. The number of esters is 1. The van der Waals surface area contributed by atoms with E-state index in [-0.39, 0.29) is 28.5 Å². The van der Waals surface area contributed by atoms with Crippen LogP contribution in [-0.4, -0.2) is 25.2 Å². The van der Waals surface area contributed by atoms with Gasteiger partial charge >= 0.3 is 5.97 Å². The van der Waals surface area contributed by atoms with Gasteiger partial charge in [-0.15, -0.1) is 0 Å². The summed E-state index contributed by atoms with van der Waals surface area (Å²) in [5.74, 6) is 1.01. The highest BCUT2D eigenvalue weighted by Gasteiger charge is 2.53. The molecule has 3 atom stereocenters. The summed E-state index contributed by atoms with van der Waals surface area (Å²) in [5.41, 5.74) is 6.18. The lowest BCUT2D eigenvalue weighted by atomic mass is 9.52. The van der Waals surface area contributed by atoms with Crippen molar-refractivity contribution >= 4 is 5.97 Å². The van der Waals surface area contributed by atoms with Crippen LogP contribution in [0.5, 0.6) is 11.6 Å². The Hall–Kier alpha value is -3.41. The van der Waals surface area contributed by atoms with E-state index in [4.69, 9.17) is 14.2 Å². The number of ether oxygens (including phenoxy) is 3. The van der Waals surface area contributed by atoms with E-state index in [1.165, 1.54) is 24.4 Å². The third-order valence-corrected chi connectivity index (χ3v) is 10.2. The predicted octanol–water partition coefficient (Wildman–Crippen LogP) is 7.93. The summed E-state index contributed by atoms with van der Waals surface area (Å²) in [6.45, 7) is 5.03. The molecule has 3 aromatic rings. The number of hydrogen-bond donors (Lipinski definition) is 0. The van der Waals surface area contributed by atoms with E-state index in [9.17, 15) is 4.79 Å². The van der Waals surface area contributed by atoms with E-state index in [0.29, 0.717) is 24.0 Å². The van der Waals surface area contributed by atoms with Gasteiger partial charge in [0.25, 0.3) is 0 Å². The zero-order valence-electron chi connectivity index (χ0n) is 24.6. The molecule has 1 aromatic heterocycles. The molecule has 0 aliphatic heterocycles. The molecule has 3 aliphatic rings. The van der Waals surface area contributed by atoms with Crippen molar-refractivity contribution in [2.24, 2.45) is 11.3 Å². The second-order valence-corrected chi connectivity index (χ2v) is 12.8. The van der Waals surface area contributed by atoms with Crippen molar-refractivity contribution in [3.05, 3.63) is 76.7 Å². The van der Waals surface area contributed by atoms with E-state index in [0.717, 1.165) is 73.8 Å². The average Bonchev–Trinajstić information content (AvgIpc) is 3.33. The van der Waals surface area contributed by atoms with Crippen LogP contribution in [-0.2, 0) is 28.0 Å². The van der Waals surface area contributed by atoms with Gasteiger partial charge in [0.15, 0.2) is 0 Å². The molecule has 41 heavy (non-hydrogen) atoms. The molecule has 1 spiro atoms. The third-order valence-electron chi connectivity index (χ3n) is 10.2. The fraction of sp³-hybridized carbons (Fsp3) is 0.486. The number of aryl methyl sites for hydroxylation is 1. The fourth-order valence-electron chi connectivity index (χ4n) is 7.84. The number of pyridine rings is 1. The van der Waals surface area contributed by atoms with Crippen LogP contribution in [0.1, 0.15) is 87.0 Å². The van der Waals surface area contributed by atoms with Crippen LogP contribution in [0.2, 0.25) is 0 Å². The van der Waals surface area contributed by atoms with Crippen LogP contribution < -0.4 is 9.47 Å². The molecule has 0 saturated heterocycles. The number of hydrogen-bond acceptors (Lipinski definition) is 5. The Morgan fingerprint density at radius 1 is 1.00 bits per heavy atom. The Labute approximate surface area is 242 Å². The summed E-state index contributed by atoms with van der Waals surface area (Å²) in [4.78, 5) is 16.6. The van der Waals surface area contributed by atoms with Crippen LogP contribution in [0, 0.1) is 17.2 Å². The molecule has 6 rings (SSSR count). The lowest BCUT2D eigenvalue weighted by Gasteiger charge is -2.51. The van der Waals surface area contributed by atoms with Crippen molar-refractivity contribution in [1.82, 2.24) is 4.98 Å². The highest BCUT2D eigenvalue weighted by Crippen LogP contribution is 2.56. The van der Waals surface area contributed by atoms with E-state index in [1.807, 2.05) is 12.1 Å². The number of carbonyl (C=O) groups excluding carboxylic acids is 1. The summed E-state index contributed by atoms with van der Waals surface area (Å²) < 4.78 is 32.0. The first kappa shape index (κ1) is 27.7. The Balaban J connectivity index is 1.31. The van der Waals surface area contributed by atoms with Crippen LogP contribution in [0.15, 0.2) is 48.7 Å². The molecular weight excluding hydrogens is 517 g/mol. The molecule has 2 saturated carbocycles. The number of halogens is 1. The van der Waals surface area contributed by atoms with Gasteiger partial charge in [-0.05, 0) is 96.2 Å². The first-order valence-electron chi connectivity index (χ1n) is 14.9. The number of fused-ring (bicyclic) bond motifs is 2. The SMILES string of the molecule is COC(=O)C1CCC12CCCc1ccc(OCc3ccc(-c4cc(OC)ncc4F)c([C@@H]4CCCC4(C)C)c3)cc12. The maximum absolute atomic E-state index is 15.1. The second-order valence-electron chi connectivity index (χ2n) is 12.8. The second kappa shape index (κ2) is 10.8. The molecular formula is C35H40FNO4. The number of aromatic nitrogens is 1. The van der Waals surface area contributed by atoms with E-state index in [1.54, 1.807) is 13.2 Å². The van der Waals surface area contributed by atoms with Gasteiger partial charge in [-0.3, -0.25) is 4.79 Å². The van der Waals surface area contributed by atoms with Crippen molar-refractivity contribution in [2.45, 2.75) is 83.2 Å². The van der Waals surface area contributed by atoms with Gasteiger partial charge in [0.2, 0.25) is 5.88 Å². The fourth-order valence-corrected chi connectivity index (χ4v) is 7.84. The van der Waals surface area contributed by atoms with Gasteiger partial charge in [0.1, 0.15) is 18.2 Å². The number of benzene rings is 2. The normalized spacial score (nSPS) is 24.4. The maximum atomic E-state index is 15.1. The standard InChI is InChI=1S/C35H40FNO4/c1-34(2)14-6-8-28(34)26-17-22(9-12-25(26)27-19-32(39-3)37-20-31(27)36)21-41-24-11-10-23-7-5-15-35(30(23)18-24)16-13-29(35)33(38)40-4/h9-12,17-20,28-29H,5-8,13-16,21H2,1-4H3/t28-,29?,35?/m0/s1. The number of nitrogens with zero attached hydrogens (tertiary/aromatic N) is 1. The van der Waals surface area contributed by atoms with Crippen LogP contribution in [0.25, 0.3) is 11.1 Å². The summed E-state index contributed by atoms with van der Waals surface area (Å²) >= 11 is 0. The first-order chi connectivity index (χ1) is 19.8. The van der Waals surface area contributed by atoms with Gasteiger partial charge < -0.3 is 14.2 Å². The summed E-state index contributed by atoms with van der Waals surface area (Å²) in [5, 5.41) is 0. The smallest absolute Gasteiger partial charge is 0.309 e. The monoisotopic (exact) mass is 557 g/mol. The molecule has 216 valence electrons. The molecule has 3 aliphatic carbocycles. The van der Waals surface area contributed by atoms with Gasteiger partial charge in [-0.25, -0.2) is 9.37 Å². The summed E-state index contributed by atoms with van der Waals surface area (Å²) in [6.07, 6.45) is 9.65. The highest BCUT2D eigenvalue weighted by molar-refractivity contribution is 5.76. The molecule has 2 fully saturated rings. The minimum atomic E-state index is -0.351. The Morgan fingerprint density at radius 3 is 2.56 bits per heavy atom. The van der Waals surface area contributed by atoms with Crippen molar-refractivity contribution < 1.29 is 23.4 Å². The topological polar surface area (TPSA) is 57.7 Å². The van der Waals surface area contributed by atoms with Gasteiger partial charge in [0.05, 0.1) is 26.3 Å². The minimum absolute atomic E-state index is 0.0705. The Bertz CT molecular complexity index is 1470. The molecule has 0 radical (unpaired) electrons. The van der Waals surface area contributed by atoms with Gasteiger partial charge in [-0.2, -0.15) is 0 Å².